The third-order valence-corrected chi connectivity index (χ3v) is 0.631. The number of ether oxygens (including phenoxy) is 1. The van der Waals surface area contributed by atoms with Gasteiger partial charge in [-0.3, -0.25) is 0 Å². The first-order valence-corrected chi connectivity index (χ1v) is 2.70. The zero-order chi connectivity index (χ0) is 6.57. The lowest BCUT2D eigenvalue weighted by Crippen LogP contribution is -2.25. The zero-order valence-corrected chi connectivity index (χ0v) is 5.29. The maximum Gasteiger partial charge on any atom is 0.167 e. The molecule has 0 aromatic rings. The van der Waals surface area contributed by atoms with Gasteiger partial charge in [-0.1, -0.05) is 0 Å². The molecular formula is C5H13NO2. The van der Waals surface area contributed by atoms with E-state index in [1.807, 2.05) is 13.8 Å². The van der Waals surface area contributed by atoms with Gasteiger partial charge in [0.15, 0.2) is 6.29 Å². The molecule has 0 fully saturated rings. The maximum atomic E-state index is 8.68. The Morgan fingerprint density at radius 2 is 2.12 bits per heavy atom. The summed E-state index contributed by atoms with van der Waals surface area (Å²) in [5.41, 5.74) is 5.05. The van der Waals surface area contributed by atoms with Crippen LogP contribution in [-0.2, 0) is 4.74 Å². The number of hydrogen-bond donors (Lipinski definition) is 2. The fourth-order valence-corrected chi connectivity index (χ4v) is 0.370. The Labute approximate surface area is 49.4 Å². The van der Waals surface area contributed by atoms with Crippen LogP contribution in [0.5, 0.6) is 0 Å². The van der Waals surface area contributed by atoms with E-state index in [9.17, 15) is 0 Å². The van der Waals surface area contributed by atoms with E-state index in [0.29, 0.717) is 0 Å². The van der Waals surface area contributed by atoms with Crippen LogP contribution in [0.3, 0.4) is 0 Å². The second-order valence-electron chi connectivity index (χ2n) is 1.88. The molecular weight excluding hydrogens is 106 g/mol. The molecule has 0 rings (SSSR count). The van der Waals surface area contributed by atoms with Crippen molar-refractivity contribution in [1.82, 2.24) is 0 Å². The molecule has 0 spiro atoms. The number of aliphatic hydroxyl groups excluding tert-OH is 1. The van der Waals surface area contributed by atoms with Crippen LogP contribution >= 0.6 is 0 Å². The Bertz CT molecular complexity index is 56.4. The van der Waals surface area contributed by atoms with Crippen LogP contribution in [0.15, 0.2) is 0 Å². The van der Waals surface area contributed by atoms with Crippen LogP contribution in [0.25, 0.3) is 0 Å². The summed E-state index contributed by atoms with van der Waals surface area (Å²) >= 11 is 0. The minimum absolute atomic E-state index is 0.0496. The van der Waals surface area contributed by atoms with E-state index in [2.05, 4.69) is 0 Å². The Hall–Kier alpha value is -0.120. The van der Waals surface area contributed by atoms with Gasteiger partial charge in [0.2, 0.25) is 0 Å². The third kappa shape index (κ3) is 4.05. The highest BCUT2D eigenvalue weighted by molar-refractivity contribution is 4.42. The molecule has 0 aliphatic rings. The van der Waals surface area contributed by atoms with Gasteiger partial charge >= 0.3 is 0 Å². The second kappa shape index (κ2) is 3.83. The summed E-state index contributed by atoms with van der Waals surface area (Å²) in [6, 6.07) is 0. The predicted molar refractivity (Wildman–Crippen MR) is 31.3 cm³/mol. The molecule has 3 N–H and O–H groups in total. The monoisotopic (exact) mass is 119 g/mol. The van der Waals surface area contributed by atoms with Crippen LogP contribution in [0.4, 0.5) is 0 Å². The first-order valence-electron chi connectivity index (χ1n) is 2.70. The number of nitrogens with two attached hydrogens (primary N) is 1. The van der Waals surface area contributed by atoms with E-state index in [0.717, 1.165) is 0 Å². The number of aliphatic hydroxyl groups is 1. The van der Waals surface area contributed by atoms with Crippen molar-refractivity contribution in [2.45, 2.75) is 26.2 Å². The quantitative estimate of drug-likeness (QED) is 0.501. The maximum absolute atomic E-state index is 8.68. The molecule has 0 bridgehead atoms. The molecule has 1 atom stereocenters. The van der Waals surface area contributed by atoms with Gasteiger partial charge in [0, 0.05) is 6.54 Å². The van der Waals surface area contributed by atoms with Gasteiger partial charge in [-0.15, -0.1) is 0 Å². The van der Waals surface area contributed by atoms with Gasteiger partial charge in [-0.2, -0.15) is 0 Å². The summed E-state index contributed by atoms with van der Waals surface area (Å²) in [6.07, 6.45) is -0.747. The van der Waals surface area contributed by atoms with Gasteiger partial charge in [0.1, 0.15) is 0 Å². The van der Waals surface area contributed by atoms with Crippen molar-refractivity contribution in [1.29, 1.82) is 0 Å². The van der Waals surface area contributed by atoms with Gasteiger partial charge in [0.25, 0.3) is 0 Å². The summed E-state index contributed by atoms with van der Waals surface area (Å²) < 4.78 is 4.83. The molecule has 0 saturated heterocycles. The highest BCUT2D eigenvalue weighted by Crippen LogP contribution is 1.90. The number of hydrogen-bond acceptors (Lipinski definition) is 3. The van der Waals surface area contributed by atoms with Crippen molar-refractivity contribution in [2.75, 3.05) is 6.54 Å². The third-order valence-electron chi connectivity index (χ3n) is 0.631. The van der Waals surface area contributed by atoms with E-state index in [1.165, 1.54) is 0 Å². The Kier molecular flexibility index (Phi) is 3.77. The molecule has 0 heterocycles. The molecule has 50 valence electrons. The fraction of sp³-hybridized carbons (Fsp3) is 1.00. The van der Waals surface area contributed by atoms with Crippen molar-refractivity contribution >= 4 is 0 Å². The molecule has 1 unspecified atom stereocenters. The van der Waals surface area contributed by atoms with Crippen molar-refractivity contribution in [3.63, 3.8) is 0 Å². The molecule has 0 aromatic carbocycles. The molecule has 3 heteroatoms. The van der Waals surface area contributed by atoms with Crippen LogP contribution < -0.4 is 5.73 Å². The molecule has 0 amide bonds. The predicted octanol–water partition coefficient (Wildman–Crippen LogP) is -0.312. The summed E-state index contributed by atoms with van der Waals surface area (Å²) in [6.45, 7) is 3.86. The first-order chi connectivity index (χ1) is 3.66. The van der Waals surface area contributed by atoms with Gasteiger partial charge in [-0.25, -0.2) is 0 Å². The highest BCUT2D eigenvalue weighted by Gasteiger charge is 2.01. The standard InChI is InChI=1S/C5H13NO2/c1-4(2)8-5(7)3-6/h4-5,7H,3,6H2,1-2H3. The van der Waals surface area contributed by atoms with Crippen molar-refractivity contribution in [3.05, 3.63) is 0 Å². The van der Waals surface area contributed by atoms with E-state index in [4.69, 9.17) is 15.6 Å². The smallest absolute Gasteiger partial charge is 0.167 e. The molecule has 8 heavy (non-hydrogen) atoms. The zero-order valence-electron chi connectivity index (χ0n) is 5.29. The lowest BCUT2D eigenvalue weighted by Gasteiger charge is -2.11. The van der Waals surface area contributed by atoms with Crippen LogP contribution in [0.2, 0.25) is 0 Å². The van der Waals surface area contributed by atoms with E-state index in [-0.39, 0.29) is 12.6 Å². The minimum atomic E-state index is -0.796. The minimum Gasteiger partial charge on any atom is -0.367 e. The topological polar surface area (TPSA) is 55.5 Å². The van der Waals surface area contributed by atoms with Crippen molar-refractivity contribution in [2.24, 2.45) is 5.73 Å². The van der Waals surface area contributed by atoms with E-state index >= 15 is 0 Å². The molecule has 0 aliphatic heterocycles. The Morgan fingerprint density at radius 3 is 2.25 bits per heavy atom. The normalized spacial score (nSPS) is 14.6. The molecule has 3 nitrogen and oxygen atoms in total. The Balaban J connectivity index is 3.10. The SMILES string of the molecule is CC(C)OC(O)CN. The van der Waals surface area contributed by atoms with Crippen molar-refractivity contribution < 1.29 is 9.84 Å². The molecule has 0 radical (unpaired) electrons. The lowest BCUT2D eigenvalue weighted by atomic mass is 10.5. The summed E-state index contributed by atoms with van der Waals surface area (Å²) in [4.78, 5) is 0. The van der Waals surface area contributed by atoms with E-state index < -0.39 is 6.29 Å². The Morgan fingerprint density at radius 1 is 1.62 bits per heavy atom. The molecule has 0 aromatic heterocycles. The van der Waals surface area contributed by atoms with Gasteiger partial charge in [-0.05, 0) is 13.8 Å². The van der Waals surface area contributed by atoms with Gasteiger partial charge < -0.3 is 15.6 Å². The van der Waals surface area contributed by atoms with Crippen LogP contribution in [-0.4, -0.2) is 24.0 Å². The average Bonchev–Trinajstić information content (AvgIpc) is 1.65. The number of rotatable bonds is 3. The van der Waals surface area contributed by atoms with Crippen LogP contribution in [0.1, 0.15) is 13.8 Å². The summed E-state index contributed by atoms with van der Waals surface area (Å²) in [7, 11) is 0. The second-order valence-corrected chi connectivity index (χ2v) is 1.88. The summed E-state index contributed by atoms with van der Waals surface area (Å²) in [5.74, 6) is 0. The van der Waals surface area contributed by atoms with Crippen molar-refractivity contribution in [3.8, 4) is 0 Å². The van der Waals surface area contributed by atoms with Gasteiger partial charge in [0.05, 0.1) is 6.10 Å². The fourth-order valence-electron chi connectivity index (χ4n) is 0.370. The molecule has 0 saturated carbocycles. The molecule has 0 aliphatic carbocycles. The highest BCUT2D eigenvalue weighted by atomic mass is 16.6. The largest absolute Gasteiger partial charge is 0.367 e. The lowest BCUT2D eigenvalue weighted by molar-refractivity contribution is -0.117. The summed E-state index contributed by atoms with van der Waals surface area (Å²) in [5, 5.41) is 8.68. The average molecular weight is 119 g/mol. The van der Waals surface area contributed by atoms with Crippen LogP contribution in [0, 0.1) is 0 Å². The van der Waals surface area contributed by atoms with E-state index in [1.54, 1.807) is 0 Å². The first kappa shape index (κ1) is 7.88.